The molecule has 3 aromatic heterocycles. The third-order valence-electron chi connectivity index (χ3n) is 5.50. The number of halogens is 6. The Bertz CT molecular complexity index is 1450. The van der Waals surface area contributed by atoms with Crippen molar-refractivity contribution in [3.8, 4) is 11.8 Å². The molecule has 0 N–H and O–H groups in total. The van der Waals surface area contributed by atoms with Crippen LogP contribution in [0.25, 0.3) is 16.8 Å². The van der Waals surface area contributed by atoms with Crippen LogP contribution in [0.5, 0.6) is 0 Å². The second-order valence-electron chi connectivity index (χ2n) is 7.84. The van der Waals surface area contributed by atoms with Crippen molar-refractivity contribution in [2.75, 3.05) is 11.4 Å². The highest BCUT2D eigenvalue weighted by molar-refractivity contribution is 5.90. The Hall–Kier alpha value is -3.88. The van der Waals surface area contributed by atoms with Gasteiger partial charge in [0.2, 0.25) is 0 Å². The van der Waals surface area contributed by atoms with Crippen LogP contribution in [0.15, 0.2) is 42.9 Å². The number of benzene rings is 1. The van der Waals surface area contributed by atoms with Gasteiger partial charge in [-0.1, -0.05) is 11.8 Å². The van der Waals surface area contributed by atoms with Gasteiger partial charge >= 0.3 is 6.18 Å². The summed E-state index contributed by atoms with van der Waals surface area (Å²) in [5, 5.41) is 7.64. The SMILES string of the molecule is Fc1cc(C#CC2(C(F)(F)F)CC2)cc(N(CC(F)F)c2nc3nncn3c3cccnc23)c1. The Kier molecular flexibility index (Phi) is 5.07. The molecule has 1 aromatic carbocycles. The molecule has 1 aliphatic rings. The molecule has 6 nitrogen and oxygen atoms in total. The third kappa shape index (κ3) is 3.87. The average molecular weight is 476 g/mol. The Morgan fingerprint density at radius 1 is 1.18 bits per heavy atom. The first kappa shape index (κ1) is 21.9. The van der Waals surface area contributed by atoms with E-state index in [4.69, 9.17) is 0 Å². The lowest BCUT2D eigenvalue weighted by Crippen LogP contribution is -2.26. The largest absolute Gasteiger partial charge is 0.405 e. The van der Waals surface area contributed by atoms with Crippen LogP contribution in [0.1, 0.15) is 18.4 Å². The van der Waals surface area contributed by atoms with Crippen molar-refractivity contribution in [2.24, 2.45) is 5.41 Å². The predicted molar refractivity (Wildman–Crippen MR) is 110 cm³/mol. The van der Waals surface area contributed by atoms with Crippen molar-refractivity contribution in [2.45, 2.75) is 25.4 Å². The van der Waals surface area contributed by atoms with E-state index in [0.29, 0.717) is 5.52 Å². The van der Waals surface area contributed by atoms with E-state index in [2.05, 4.69) is 32.0 Å². The van der Waals surface area contributed by atoms with E-state index >= 15 is 0 Å². The Morgan fingerprint density at radius 2 is 1.97 bits per heavy atom. The molecule has 34 heavy (non-hydrogen) atoms. The van der Waals surface area contributed by atoms with Crippen molar-refractivity contribution in [1.29, 1.82) is 0 Å². The zero-order valence-electron chi connectivity index (χ0n) is 17.2. The maximum Gasteiger partial charge on any atom is 0.405 e. The minimum atomic E-state index is -4.50. The third-order valence-corrected chi connectivity index (χ3v) is 5.50. The van der Waals surface area contributed by atoms with Gasteiger partial charge in [0, 0.05) is 17.4 Å². The van der Waals surface area contributed by atoms with Gasteiger partial charge in [-0.3, -0.25) is 9.38 Å². The average Bonchev–Trinajstić information content (AvgIpc) is 3.45. The Labute approximate surface area is 188 Å². The number of hydrogen-bond acceptors (Lipinski definition) is 5. The summed E-state index contributed by atoms with van der Waals surface area (Å²) in [7, 11) is 0. The molecule has 174 valence electrons. The van der Waals surface area contributed by atoms with E-state index in [9.17, 15) is 26.3 Å². The lowest BCUT2D eigenvalue weighted by molar-refractivity contribution is -0.168. The summed E-state index contributed by atoms with van der Waals surface area (Å²) in [6.45, 7) is -0.883. The van der Waals surface area contributed by atoms with Gasteiger partial charge < -0.3 is 4.90 Å². The van der Waals surface area contributed by atoms with Gasteiger partial charge in [0.05, 0.1) is 12.1 Å². The molecule has 1 fully saturated rings. The number of anilines is 2. The molecule has 1 saturated carbocycles. The molecule has 0 spiro atoms. The van der Waals surface area contributed by atoms with Crippen LogP contribution in [0.2, 0.25) is 0 Å². The molecule has 3 heterocycles. The van der Waals surface area contributed by atoms with Crippen molar-refractivity contribution in [3.63, 3.8) is 0 Å². The smallest absolute Gasteiger partial charge is 0.319 e. The van der Waals surface area contributed by atoms with Crippen molar-refractivity contribution < 1.29 is 26.3 Å². The van der Waals surface area contributed by atoms with Crippen LogP contribution in [-0.2, 0) is 0 Å². The van der Waals surface area contributed by atoms with E-state index in [-0.39, 0.29) is 41.2 Å². The number of alkyl halides is 5. The van der Waals surface area contributed by atoms with Crippen LogP contribution in [0, 0.1) is 23.1 Å². The topological polar surface area (TPSA) is 59.2 Å². The van der Waals surface area contributed by atoms with Gasteiger partial charge in [-0.15, -0.1) is 10.2 Å². The summed E-state index contributed by atoms with van der Waals surface area (Å²) in [5.74, 6) is 3.79. The number of fused-ring (bicyclic) bond motifs is 3. The van der Waals surface area contributed by atoms with Crippen LogP contribution < -0.4 is 4.90 Å². The molecule has 0 saturated heterocycles. The van der Waals surface area contributed by atoms with Crippen molar-refractivity contribution in [3.05, 3.63) is 54.2 Å². The summed E-state index contributed by atoms with van der Waals surface area (Å²) >= 11 is 0. The first-order valence-corrected chi connectivity index (χ1v) is 10.1. The van der Waals surface area contributed by atoms with Gasteiger partial charge in [0.15, 0.2) is 5.82 Å². The predicted octanol–water partition coefficient (Wildman–Crippen LogP) is 4.91. The first-order valence-electron chi connectivity index (χ1n) is 10.1. The molecule has 0 radical (unpaired) electrons. The van der Waals surface area contributed by atoms with E-state index in [1.165, 1.54) is 23.0 Å². The van der Waals surface area contributed by atoms with E-state index in [1.807, 2.05) is 0 Å². The molecule has 0 unspecified atom stereocenters. The quantitative estimate of drug-likeness (QED) is 0.310. The van der Waals surface area contributed by atoms with Gasteiger partial charge in [0.25, 0.3) is 12.2 Å². The summed E-state index contributed by atoms with van der Waals surface area (Å²) < 4.78 is 82.8. The first-order chi connectivity index (χ1) is 16.2. The molecule has 4 aromatic rings. The minimum absolute atomic E-state index is 0.0325. The van der Waals surface area contributed by atoms with Crippen molar-refractivity contribution >= 4 is 28.3 Å². The minimum Gasteiger partial charge on any atom is -0.319 e. The number of hydrogen-bond donors (Lipinski definition) is 0. The molecule has 0 bridgehead atoms. The maximum absolute atomic E-state index is 14.5. The second kappa shape index (κ2) is 7.86. The number of aromatic nitrogens is 5. The molecule has 5 rings (SSSR count). The maximum atomic E-state index is 14.5. The van der Waals surface area contributed by atoms with Crippen LogP contribution >= 0.6 is 0 Å². The van der Waals surface area contributed by atoms with E-state index < -0.39 is 30.4 Å². The van der Waals surface area contributed by atoms with Gasteiger partial charge in [0.1, 0.15) is 23.1 Å². The Morgan fingerprint density at radius 3 is 2.68 bits per heavy atom. The number of pyridine rings is 1. The fourth-order valence-corrected chi connectivity index (χ4v) is 3.62. The van der Waals surface area contributed by atoms with E-state index in [1.54, 1.807) is 12.1 Å². The molecule has 0 amide bonds. The summed E-state index contributed by atoms with van der Waals surface area (Å²) in [6, 6.07) is 6.48. The highest BCUT2D eigenvalue weighted by atomic mass is 19.4. The molecule has 1 aliphatic carbocycles. The lowest BCUT2D eigenvalue weighted by Gasteiger charge is -2.24. The second-order valence-corrected chi connectivity index (χ2v) is 7.84. The normalized spacial score (nSPS) is 14.9. The lowest BCUT2D eigenvalue weighted by atomic mass is 10.1. The fourth-order valence-electron chi connectivity index (χ4n) is 3.62. The zero-order valence-corrected chi connectivity index (χ0v) is 17.2. The van der Waals surface area contributed by atoms with Gasteiger partial charge in [-0.05, 0) is 43.2 Å². The van der Waals surface area contributed by atoms with Gasteiger partial charge in [-0.2, -0.15) is 18.2 Å². The highest BCUT2D eigenvalue weighted by Crippen LogP contribution is 2.57. The van der Waals surface area contributed by atoms with Crippen LogP contribution in [0.3, 0.4) is 0 Å². The molecule has 12 heteroatoms. The van der Waals surface area contributed by atoms with Crippen LogP contribution in [-0.4, -0.2) is 43.7 Å². The highest BCUT2D eigenvalue weighted by Gasteiger charge is 2.62. The fraction of sp³-hybridized carbons (Fsp3) is 0.273. The summed E-state index contributed by atoms with van der Waals surface area (Å²) in [5.41, 5.74) is -1.55. The molecule has 0 aliphatic heterocycles. The number of nitrogens with zero attached hydrogens (tertiary/aromatic N) is 6. The monoisotopic (exact) mass is 476 g/mol. The number of rotatable bonds is 4. The molecular formula is C22H14F6N6. The summed E-state index contributed by atoms with van der Waals surface area (Å²) in [4.78, 5) is 9.57. The molecule has 0 atom stereocenters. The molecular weight excluding hydrogens is 462 g/mol. The van der Waals surface area contributed by atoms with Crippen molar-refractivity contribution in [1.82, 2.24) is 24.6 Å². The van der Waals surface area contributed by atoms with E-state index in [0.717, 1.165) is 17.0 Å². The Balaban J connectivity index is 1.65. The zero-order chi connectivity index (χ0) is 24.1. The standard InChI is InChI=1S/C22H14F6N6/c23-14-8-13(3-4-21(5-6-21)22(26,27)28)9-15(10-14)33(11-17(24)25)19-18-16(2-1-7-29-18)34-12-30-32-20(34)31-19/h1-2,7-10,12,17H,5-6,11H2. The summed E-state index contributed by atoms with van der Waals surface area (Å²) in [6.07, 6.45) is -4.80. The van der Waals surface area contributed by atoms with Crippen LogP contribution in [0.4, 0.5) is 37.8 Å². The van der Waals surface area contributed by atoms with Gasteiger partial charge in [-0.25, -0.2) is 13.2 Å².